The summed E-state index contributed by atoms with van der Waals surface area (Å²) in [5, 5.41) is 13.3. The summed E-state index contributed by atoms with van der Waals surface area (Å²) in [6.07, 6.45) is 0. The van der Waals surface area contributed by atoms with Crippen LogP contribution in [0.3, 0.4) is 0 Å². The SMILES string of the molecule is Cc1cc(C)cc(C(=O)OCC(=O)Nc2ccc([N+](=O)[O-])cc2C)c1. The normalized spacial score (nSPS) is 10.2. The molecule has 0 bridgehead atoms. The van der Waals surface area contributed by atoms with E-state index in [1.54, 1.807) is 19.1 Å². The first-order valence-electron chi connectivity index (χ1n) is 7.56. The number of carbonyl (C=O) groups excluding carboxylic acids is 2. The van der Waals surface area contributed by atoms with Gasteiger partial charge in [0.05, 0.1) is 10.5 Å². The molecule has 130 valence electrons. The third kappa shape index (κ3) is 4.87. The van der Waals surface area contributed by atoms with Crippen LogP contribution < -0.4 is 5.32 Å². The van der Waals surface area contributed by atoms with Crippen LogP contribution in [0.25, 0.3) is 0 Å². The molecule has 0 aliphatic heterocycles. The van der Waals surface area contributed by atoms with E-state index in [-0.39, 0.29) is 5.69 Å². The Bertz CT molecular complexity index is 825. The summed E-state index contributed by atoms with van der Waals surface area (Å²) in [6, 6.07) is 9.40. The second kappa shape index (κ2) is 7.57. The van der Waals surface area contributed by atoms with Crippen molar-refractivity contribution in [2.75, 3.05) is 11.9 Å². The Morgan fingerprint density at radius 1 is 1.08 bits per heavy atom. The van der Waals surface area contributed by atoms with E-state index in [1.807, 2.05) is 19.9 Å². The van der Waals surface area contributed by atoms with Crippen LogP contribution >= 0.6 is 0 Å². The predicted molar refractivity (Wildman–Crippen MR) is 92.7 cm³/mol. The Morgan fingerprint density at radius 2 is 1.72 bits per heavy atom. The van der Waals surface area contributed by atoms with Crippen molar-refractivity contribution >= 4 is 23.3 Å². The van der Waals surface area contributed by atoms with Gasteiger partial charge in [-0.1, -0.05) is 17.2 Å². The minimum absolute atomic E-state index is 0.0586. The Morgan fingerprint density at radius 3 is 2.28 bits per heavy atom. The molecule has 2 aromatic rings. The number of aryl methyl sites for hydroxylation is 3. The van der Waals surface area contributed by atoms with E-state index >= 15 is 0 Å². The van der Waals surface area contributed by atoms with Gasteiger partial charge >= 0.3 is 5.97 Å². The first kappa shape index (κ1) is 18.1. The van der Waals surface area contributed by atoms with E-state index in [0.717, 1.165) is 11.1 Å². The quantitative estimate of drug-likeness (QED) is 0.510. The van der Waals surface area contributed by atoms with Crippen molar-refractivity contribution < 1.29 is 19.2 Å². The zero-order valence-corrected chi connectivity index (χ0v) is 14.2. The standard InChI is InChI=1S/C18H18N2O5/c1-11-6-12(2)8-14(7-11)18(22)25-10-17(21)19-16-5-4-15(20(23)24)9-13(16)3/h4-9H,10H2,1-3H3,(H,19,21). The Balaban J connectivity index is 1.96. The summed E-state index contributed by atoms with van der Waals surface area (Å²) >= 11 is 0. The number of nitrogens with zero attached hydrogens (tertiary/aromatic N) is 1. The number of ether oxygens (including phenoxy) is 1. The molecular weight excluding hydrogens is 324 g/mol. The largest absolute Gasteiger partial charge is 0.452 e. The fraction of sp³-hybridized carbons (Fsp3) is 0.222. The van der Waals surface area contributed by atoms with Crippen LogP contribution in [0, 0.1) is 30.9 Å². The highest BCUT2D eigenvalue weighted by molar-refractivity contribution is 5.96. The van der Waals surface area contributed by atoms with E-state index in [1.165, 1.54) is 18.2 Å². The van der Waals surface area contributed by atoms with Crippen LogP contribution in [-0.4, -0.2) is 23.4 Å². The molecule has 0 aromatic heterocycles. The number of hydrogen-bond donors (Lipinski definition) is 1. The lowest BCUT2D eigenvalue weighted by Gasteiger charge is -2.09. The van der Waals surface area contributed by atoms with Gasteiger partial charge in [-0.15, -0.1) is 0 Å². The molecule has 1 N–H and O–H groups in total. The number of esters is 1. The topological polar surface area (TPSA) is 98.5 Å². The lowest BCUT2D eigenvalue weighted by atomic mass is 10.1. The molecular formula is C18H18N2O5. The van der Waals surface area contributed by atoms with Crippen molar-refractivity contribution in [3.8, 4) is 0 Å². The minimum atomic E-state index is -0.581. The van der Waals surface area contributed by atoms with E-state index in [4.69, 9.17) is 4.74 Å². The molecule has 0 atom stereocenters. The first-order chi connectivity index (χ1) is 11.8. The predicted octanol–water partition coefficient (Wildman–Crippen LogP) is 3.32. The molecule has 2 aromatic carbocycles. The Kier molecular flexibility index (Phi) is 5.49. The van der Waals surface area contributed by atoms with E-state index in [0.29, 0.717) is 16.8 Å². The lowest BCUT2D eigenvalue weighted by molar-refractivity contribution is -0.384. The number of nitro benzene ring substituents is 1. The summed E-state index contributed by atoms with van der Waals surface area (Å²) in [7, 11) is 0. The van der Waals surface area contributed by atoms with Gasteiger partial charge in [-0.2, -0.15) is 0 Å². The van der Waals surface area contributed by atoms with Crippen molar-refractivity contribution in [1.82, 2.24) is 0 Å². The van der Waals surface area contributed by atoms with Crippen molar-refractivity contribution in [3.63, 3.8) is 0 Å². The Labute approximate surface area is 144 Å². The molecule has 0 radical (unpaired) electrons. The minimum Gasteiger partial charge on any atom is -0.452 e. The average molecular weight is 342 g/mol. The van der Waals surface area contributed by atoms with Crippen molar-refractivity contribution in [3.05, 3.63) is 68.8 Å². The van der Waals surface area contributed by atoms with Crippen molar-refractivity contribution in [2.45, 2.75) is 20.8 Å². The number of nitro groups is 1. The number of amides is 1. The average Bonchev–Trinajstić information content (AvgIpc) is 2.53. The number of carbonyl (C=O) groups is 2. The smallest absolute Gasteiger partial charge is 0.338 e. The summed E-state index contributed by atoms with van der Waals surface area (Å²) in [4.78, 5) is 34.1. The molecule has 0 saturated carbocycles. The molecule has 0 heterocycles. The van der Waals surface area contributed by atoms with Crippen molar-refractivity contribution in [2.24, 2.45) is 0 Å². The molecule has 1 amide bonds. The van der Waals surface area contributed by atoms with Crippen LogP contribution in [0.5, 0.6) is 0 Å². The summed E-state index contributed by atoms with van der Waals surface area (Å²) < 4.78 is 5.01. The lowest BCUT2D eigenvalue weighted by Crippen LogP contribution is -2.21. The van der Waals surface area contributed by atoms with Gasteiger partial charge in [-0.3, -0.25) is 14.9 Å². The second-order valence-corrected chi connectivity index (χ2v) is 5.76. The fourth-order valence-corrected chi connectivity index (χ4v) is 2.39. The van der Waals surface area contributed by atoms with Crippen LogP contribution in [-0.2, 0) is 9.53 Å². The van der Waals surface area contributed by atoms with Crippen LogP contribution in [0.2, 0.25) is 0 Å². The zero-order valence-electron chi connectivity index (χ0n) is 14.2. The summed E-state index contributed by atoms with van der Waals surface area (Å²) in [5.74, 6) is -1.10. The third-order valence-corrected chi connectivity index (χ3v) is 3.49. The number of rotatable bonds is 5. The second-order valence-electron chi connectivity index (χ2n) is 5.76. The number of nitrogens with one attached hydrogen (secondary N) is 1. The van der Waals surface area contributed by atoms with Crippen LogP contribution in [0.15, 0.2) is 36.4 Å². The maximum absolute atomic E-state index is 12.0. The van der Waals surface area contributed by atoms with Gasteiger partial charge in [0.25, 0.3) is 11.6 Å². The Hall–Kier alpha value is -3.22. The summed E-state index contributed by atoms with van der Waals surface area (Å²) in [5.41, 5.74) is 3.16. The molecule has 25 heavy (non-hydrogen) atoms. The number of non-ortho nitro benzene ring substituents is 1. The van der Waals surface area contributed by atoms with Crippen LogP contribution in [0.4, 0.5) is 11.4 Å². The number of hydrogen-bond acceptors (Lipinski definition) is 5. The molecule has 2 rings (SSSR count). The molecule has 7 nitrogen and oxygen atoms in total. The molecule has 7 heteroatoms. The zero-order chi connectivity index (χ0) is 18.6. The molecule has 0 unspecified atom stereocenters. The summed E-state index contributed by atoms with van der Waals surface area (Å²) in [6.45, 7) is 4.94. The molecule has 0 fully saturated rings. The molecule has 0 saturated heterocycles. The maximum Gasteiger partial charge on any atom is 0.338 e. The third-order valence-electron chi connectivity index (χ3n) is 3.49. The van der Waals surface area contributed by atoms with Gasteiger partial charge in [0.1, 0.15) is 0 Å². The van der Waals surface area contributed by atoms with Gasteiger partial charge in [-0.25, -0.2) is 4.79 Å². The highest BCUT2D eigenvalue weighted by atomic mass is 16.6. The van der Waals surface area contributed by atoms with Gasteiger partial charge in [0.15, 0.2) is 6.61 Å². The van der Waals surface area contributed by atoms with Gasteiger partial charge in [0.2, 0.25) is 0 Å². The van der Waals surface area contributed by atoms with E-state index in [9.17, 15) is 19.7 Å². The van der Waals surface area contributed by atoms with Gasteiger partial charge < -0.3 is 10.1 Å². The maximum atomic E-state index is 12.0. The fourth-order valence-electron chi connectivity index (χ4n) is 2.39. The monoisotopic (exact) mass is 342 g/mol. The first-order valence-corrected chi connectivity index (χ1v) is 7.56. The highest BCUT2D eigenvalue weighted by Gasteiger charge is 2.13. The molecule has 0 aliphatic carbocycles. The molecule has 0 spiro atoms. The van der Waals surface area contributed by atoms with Gasteiger partial charge in [-0.05, 0) is 44.5 Å². The number of anilines is 1. The van der Waals surface area contributed by atoms with Gasteiger partial charge in [0, 0.05) is 17.8 Å². The van der Waals surface area contributed by atoms with Crippen LogP contribution in [0.1, 0.15) is 27.0 Å². The molecule has 0 aliphatic rings. The van der Waals surface area contributed by atoms with E-state index in [2.05, 4.69) is 5.32 Å². The van der Waals surface area contributed by atoms with E-state index < -0.39 is 23.4 Å². The number of benzene rings is 2. The van der Waals surface area contributed by atoms with Crippen molar-refractivity contribution in [1.29, 1.82) is 0 Å². The highest BCUT2D eigenvalue weighted by Crippen LogP contribution is 2.21.